The summed E-state index contributed by atoms with van der Waals surface area (Å²) in [6.45, 7) is 2.91. The fourth-order valence-corrected chi connectivity index (χ4v) is 3.43. The second-order valence-electron chi connectivity index (χ2n) is 6.50. The van der Waals surface area contributed by atoms with Crippen molar-refractivity contribution in [3.8, 4) is 5.75 Å². The number of nitrogens with zero attached hydrogens (tertiary/aromatic N) is 3. The highest BCUT2D eigenvalue weighted by molar-refractivity contribution is 5.79. The summed E-state index contributed by atoms with van der Waals surface area (Å²) in [5.41, 5.74) is 0.841. The van der Waals surface area contributed by atoms with Crippen molar-refractivity contribution in [3.05, 3.63) is 48.0 Å². The predicted octanol–water partition coefficient (Wildman–Crippen LogP) is 2.18. The Labute approximate surface area is 148 Å². The topological polar surface area (TPSA) is 67.6 Å². The number of ether oxygens (including phenoxy) is 1. The number of imidazole rings is 1. The van der Waals surface area contributed by atoms with Gasteiger partial charge in [-0.3, -0.25) is 4.79 Å². The van der Waals surface area contributed by atoms with E-state index in [0.29, 0.717) is 19.6 Å². The fourth-order valence-electron chi connectivity index (χ4n) is 3.43. The van der Waals surface area contributed by atoms with Gasteiger partial charge in [-0.15, -0.1) is 0 Å². The largest absolute Gasteiger partial charge is 0.508 e. The highest BCUT2D eigenvalue weighted by Gasteiger charge is 2.27. The first-order chi connectivity index (χ1) is 12.2. The van der Waals surface area contributed by atoms with Crippen molar-refractivity contribution in [3.63, 3.8) is 0 Å². The molecule has 1 amide bonds. The molecule has 0 unspecified atom stereocenters. The van der Waals surface area contributed by atoms with Crippen molar-refractivity contribution < 1.29 is 14.6 Å². The van der Waals surface area contributed by atoms with Gasteiger partial charge in [-0.1, -0.05) is 12.1 Å². The monoisotopic (exact) mass is 343 g/mol. The number of benzene rings is 1. The third-order valence-electron chi connectivity index (χ3n) is 4.69. The number of rotatable bonds is 6. The molecule has 0 radical (unpaired) electrons. The molecule has 1 aliphatic heterocycles. The standard InChI is InChI=1S/C19H25N3O3/c1-25-11-10-21-9-7-20-19(21)16-5-3-8-22(14-16)18(24)13-15-4-2-6-17(23)12-15/h2,4,6-7,9,12,16,23H,3,5,8,10-11,13-14H2,1H3/t16-/m1/s1. The van der Waals surface area contributed by atoms with Crippen LogP contribution in [-0.2, 0) is 22.5 Å². The van der Waals surface area contributed by atoms with Crippen LogP contribution >= 0.6 is 0 Å². The van der Waals surface area contributed by atoms with E-state index in [4.69, 9.17) is 4.74 Å². The van der Waals surface area contributed by atoms with Crippen LogP contribution in [-0.4, -0.2) is 52.3 Å². The summed E-state index contributed by atoms with van der Waals surface area (Å²) in [6, 6.07) is 6.90. The van der Waals surface area contributed by atoms with Gasteiger partial charge in [0.15, 0.2) is 0 Å². The Hall–Kier alpha value is -2.34. The number of carbonyl (C=O) groups is 1. The van der Waals surface area contributed by atoms with Crippen LogP contribution in [0.2, 0.25) is 0 Å². The Morgan fingerprint density at radius 2 is 2.32 bits per heavy atom. The van der Waals surface area contributed by atoms with E-state index < -0.39 is 0 Å². The van der Waals surface area contributed by atoms with Crippen molar-refractivity contribution >= 4 is 5.91 Å². The number of phenolic OH excluding ortho intramolecular Hbond substituents is 1. The van der Waals surface area contributed by atoms with Crippen LogP contribution in [0.5, 0.6) is 5.75 Å². The minimum Gasteiger partial charge on any atom is -0.508 e. The number of aromatic nitrogens is 2. The lowest BCUT2D eigenvalue weighted by Gasteiger charge is -2.33. The Balaban J connectivity index is 1.64. The molecule has 2 aromatic rings. The summed E-state index contributed by atoms with van der Waals surface area (Å²) in [6.07, 6.45) is 6.13. The number of carbonyl (C=O) groups excluding carboxylic acids is 1. The van der Waals surface area contributed by atoms with Crippen LogP contribution in [0, 0.1) is 0 Å². The molecule has 0 saturated carbocycles. The smallest absolute Gasteiger partial charge is 0.227 e. The van der Waals surface area contributed by atoms with Crippen molar-refractivity contribution in [1.29, 1.82) is 0 Å². The highest BCUT2D eigenvalue weighted by Crippen LogP contribution is 2.26. The molecule has 1 N–H and O–H groups in total. The average molecular weight is 343 g/mol. The lowest BCUT2D eigenvalue weighted by Crippen LogP contribution is -2.40. The van der Waals surface area contributed by atoms with Gasteiger partial charge in [-0.05, 0) is 30.5 Å². The Morgan fingerprint density at radius 1 is 1.44 bits per heavy atom. The third kappa shape index (κ3) is 4.39. The zero-order chi connectivity index (χ0) is 17.6. The van der Waals surface area contributed by atoms with Crippen molar-refractivity contribution in [2.75, 3.05) is 26.8 Å². The Kier molecular flexibility index (Phi) is 5.71. The second-order valence-corrected chi connectivity index (χ2v) is 6.50. The molecule has 1 aliphatic rings. The summed E-state index contributed by atoms with van der Waals surface area (Å²) < 4.78 is 7.28. The molecule has 3 rings (SSSR count). The van der Waals surface area contributed by atoms with E-state index >= 15 is 0 Å². The molecule has 1 fully saturated rings. The average Bonchev–Trinajstić information content (AvgIpc) is 3.08. The SMILES string of the molecule is COCCn1ccnc1[C@@H]1CCCN(C(=O)Cc2cccc(O)c2)C1. The summed E-state index contributed by atoms with van der Waals surface area (Å²) >= 11 is 0. The van der Waals surface area contributed by atoms with Gasteiger partial charge in [0.05, 0.1) is 13.0 Å². The predicted molar refractivity (Wildman–Crippen MR) is 94.5 cm³/mol. The van der Waals surface area contributed by atoms with Gasteiger partial charge in [0.25, 0.3) is 0 Å². The molecular formula is C19H25N3O3. The lowest BCUT2D eigenvalue weighted by atomic mass is 9.96. The number of hydrogen-bond acceptors (Lipinski definition) is 4. The normalized spacial score (nSPS) is 17.6. The van der Waals surface area contributed by atoms with Crippen molar-refractivity contribution in [1.82, 2.24) is 14.5 Å². The molecule has 6 heteroatoms. The van der Waals surface area contributed by atoms with E-state index in [-0.39, 0.29) is 17.6 Å². The second kappa shape index (κ2) is 8.16. The van der Waals surface area contributed by atoms with Crippen LogP contribution in [0.3, 0.4) is 0 Å². The molecule has 134 valence electrons. The molecule has 0 aliphatic carbocycles. The van der Waals surface area contributed by atoms with Gasteiger partial charge in [-0.2, -0.15) is 0 Å². The molecule has 1 aromatic heterocycles. The van der Waals surface area contributed by atoms with Gasteiger partial charge < -0.3 is 19.3 Å². The maximum Gasteiger partial charge on any atom is 0.227 e. The minimum absolute atomic E-state index is 0.102. The van der Waals surface area contributed by atoms with Gasteiger partial charge in [0.1, 0.15) is 11.6 Å². The number of amides is 1. The van der Waals surface area contributed by atoms with Gasteiger partial charge >= 0.3 is 0 Å². The van der Waals surface area contributed by atoms with Crippen LogP contribution in [0.25, 0.3) is 0 Å². The zero-order valence-corrected chi connectivity index (χ0v) is 14.6. The highest BCUT2D eigenvalue weighted by atomic mass is 16.5. The van der Waals surface area contributed by atoms with Gasteiger partial charge in [-0.25, -0.2) is 4.98 Å². The van der Waals surface area contributed by atoms with Crippen molar-refractivity contribution in [2.24, 2.45) is 0 Å². The molecule has 1 saturated heterocycles. The molecular weight excluding hydrogens is 318 g/mol. The first-order valence-corrected chi connectivity index (χ1v) is 8.73. The summed E-state index contributed by atoms with van der Waals surface area (Å²) in [5.74, 6) is 1.59. The van der Waals surface area contributed by atoms with Crippen LogP contribution in [0.15, 0.2) is 36.7 Å². The zero-order valence-electron chi connectivity index (χ0n) is 14.6. The summed E-state index contributed by atoms with van der Waals surface area (Å²) in [4.78, 5) is 19.1. The molecule has 1 aromatic carbocycles. The number of aromatic hydroxyl groups is 1. The molecule has 25 heavy (non-hydrogen) atoms. The van der Waals surface area contributed by atoms with E-state index in [1.807, 2.05) is 23.4 Å². The summed E-state index contributed by atoms with van der Waals surface area (Å²) in [7, 11) is 1.69. The van der Waals surface area contributed by atoms with Crippen LogP contribution in [0.1, 0.15) is 30.1 Å². The molecule has 6 nitrogen and oxygen atoms in total. The maximum absolute atomic E-state index is 12.6. The first-order valence-electron chi connectivity index (χ1n) is 8.73. The molecule has 2 heterocycles. The quantitative estimate of drug-likeness (QED) is 0.873. The van der Waals surface area contributed by atoms with E-state index in [9.17, 15) is 9.90 Å². The lowest BCUT2D eigenvalue weighted by molar-refractivity contribution is -0.131. The summed E-state index contributed by atoms with van der Waals surface area (Å²) in [5, 5.41) is 9.56. The van der Waals surface area contributed by atoms with Crippen molar-refractivity contribution in [2.45, 2.75) is 31.7 Å². The number of likely N-dealkylation sites (tertiary alicyclic amines) is 1. The number of phenols is 1. The van der Waals surface area contributed by atoms with E-state index in [1.165, 1.54) is 0 Å². The van der Waals surface area contributed by atoms with E-state index in [2.05, 4.69) is 9.55 Å². The van der Waals surface area contributed by atoms with E-state index in [0.717, 1.165) is 37.3 Å². The van der Waals surface area contributed by atoms with Crippen LogP contribution < -0.4 is 0 Å². The Bertz CT molecular complexity index is 713. The van der Waals surface area contributed by atoms with Crippen LogP contribution in [0.4, 0.5) is 0 Å². The third-order valence-corrected chi connectivity index (χ3v) is 4.69. The molecule has 0 bridgehead atoms. The molecule has 1 atom stereocenters. The number of hydrogen-bond donors (Lipinski definition) is 1. The molecule has 0 spiro atoms. The van der Waals surface area contributed by atoms with Gasteiger partial charge in [0, 0.05) is 45.1 Å². The minimum atomic E-state index is 0.102. The fraction of sp³-hybridized carbons (Fsp3) is 0.474. The number of methoxy groups -OCH3 is 1. The van der Waals surface area contributed by atoms with E-state index in [1.54, 1.807) is 25.3 Å². The van der Waals surface area contributed by atoms with Gasteiger partial charge in [0.2, 0.25) is 5.91 Å². The maximum atomic E-state index is 12.6. The number of piperidine rings is 1. The first kappa shape index (κ1) is 17.5. The Morgan fingerprint density at radius 3 is 3.12 bits per heavy atom.